The molecule has 0 amide bonds. The maximum Gasteiger partial charge on any atom is 0.0585 e. The molecule has 1 aromatic carbocycles. The quantitative estimate of drug-likeness (QED) is 0.724. The van der Waals surface area contributed by atoms with Gasteiger partial charge in [-0.1, -0.05) is 11.6 Å². The third-order valence-corrected chi connectivity index (χ3v) is 2.57. The molecular formula is C8H10ClNOS. The van der Waals surface area contributed by atoms with E-state index in [-0.39, 0.29) is 0 Å². The molecule has 1 rings (SSSR count). The molecule has 0 aliphatic carbocycles. The van der Waals surface area contributed by atoms with Crippen molar-refractivity contribution in [1.82, 2.24) is 0 Å². The van der Waals surface area contributed by atoms with E-state index in [1.54, 1.807) is 13.1 Å². The summed E-state index contributed by atoms with van der Waals surface area (Å²) in [5.41, 5.74) is 1.81. The minimum Gasteiger partial charge on any atom is -0.387 e. The van der Waals surface area contributed by atoms with E-state index in [0.717, 1.165) is 28.2 Å². The lowest BCUT2D eigenvalue weighted by Crippen LogP contribution is -1.91. The third-order valence-electron chi connectivity index (χ3n) is 1.63. The lowest BCUT2D eigenvalue weighted by Gasteiger charge is -2.07. The van der Waals surface area contributed by atoms with Crippen molar-refractivity contribution in [3.05, 3.63) is 22.7 Å². The Morgan fingerprint density at radius 1 is 1.50 bits per heavy atom. The van der Waals surface area contributed by atoms with Gasteiger partial charge in [0.05, 0.1) is 10.6 Å². The standard InChI is InChI=1S/C8H10ClNOS/c1-5-3-8(12-11)7(10-2)4-6(5)9/h3-4,10-11H,1-2H3. The highest BCUT2D eigenvalue weighted by Gasteiger charge is 2.04. The Labute approximate surface area is 81.1 Å². The Bertz CT molecular complexity index is 262. The van der Waals surface area contributed by atoms with Crippen LogP contribution in [0.3, 0.4) is 0 Å². The lowest BCUT2D eigenvalue weighted by atomic mass is 10.2. The number of anilines is 1. The van der Waals surface area contributed by atoms with Gasteiger partial charge in [0.25, 0.3) is 0 Å². The highest BCUT2D eigenvalue weighted by molar-refractivity contribution is 7.94. The predicted molar refractivity (Wildman–Crippen MR) is 54.2 cm³/mol. The second-order valence-corrected chi connectivity index (χ2v) is 3.47. The van der Waals surface area contributed by atoms with E-state index in [4.69, 9.17) is 16.2 Å². The van der Waals surface area contributed by atoms with Crippen molar-refractivity contribution in [3.8, 4) is 0 Å². The van der Waals surface area contributed by atoms with Crippen molar-refractivity contribution in [2.45, 2.75) is 11.8 Å². The molecule has 2 nitrogen and oxygen atoms in total. The van der Waals surface area contributed by atoms with Gasteiger partial charge in [-0.05, 0) is 24.6 Å². The molecule has 0 heterocycles. The maximum atomic E-state index is 8.90. The monoisotopic (exact) mass is 203 g/mol. The maximum absolute atomic E-state index is 8.90. The van der Waals surface area contributed by atoms with Gasteiger partial charge >= 0.3 is 0 Å². The van der Waals surface area contributed by atoms with Gasteiger partial charge in [0.2, 0.25) is 0 Å². The predicted octanol–water partition coefficient (Wildman–Crippen LogP) is 3.26. The summed E-state index contributed by atoms with van der Waals surface area (Å²) in [6.07, 6.45) is 0. The topological polar surface area (TPSA) is 32.3 Å². The molecule has 0 spiro atoms. The molecule has 0 atom stereocenters. The minimum absolute atomic E-state index is 0.706. The summed E-state index contributed by atoms with van der Waals surface area (Å²) >= 11 is 6.61. The van der Waals surface area contributed by atoms with Gasteiger partial charge in [0, 0.05) is 24.1 Å². The highest BCUT2D eigenvalue weighted by atomic mass is 35.5. The van der Waals surface area contributed by atoms with Crippen LogP contribution in [0.15, 0.2) is 17.0 Å². The first-order valence-corrected chi connectivity index (χ1v) is 4.63. The zero-order chi connectivity index (χ0) is 9.14. The number of aryl methyl sites for hydroxylation is 1. The van der Waals surface area contributed by atoms with E-state index >= 15 is 0 Å². The fraction of sp³-hybridized carbons (Fsp3) is 0.250. The number of hydrogen-bond donors (Lipinski definition) is 2. The second-order valence-electron chi connectivity index (χ2n) is 2.44. The molecule has 0 unspecified atom stereocenters. The van der Waals surface area contributed by atoms with E-state index in [1.807, 2.05) is 13.0 Å². The zero-order valence-electron chi connectivity index (χ0n) is 6.89. The molecule has 0 radical (unpaired) electrons. The Kier molecular flexibility index (Phi) is 3.26. The fourth-order valence-corrected chi connectivity index (χ4v) is 1.58. The molecular weight excluding hydrogens is 194 g/mol. The van der Waals surface area contributed by atoms with Crippen molar-refractivity contribution >= 4 is 29.3 Å². The first-order valence-electron chi connectivity index (χ1n) is 3.48. The average molecular weight is 204 g/mol. The van der Waals surface area contributed by atoms with E-state index in [1.165, 1.54) is 0 Å². The molecule has 0 aromatic heterocycles. The molecule has 12 heavy (non-hydrogen) atoms. The Morgan fingerprint density at radius 3 is 2.67 bits per heavy atom. The molecule has 2 N–H and O–H groups in total. The summed E-state index contributed by atoms with van der Waals surface area (Å²) < 4.78 is 8.90. The van der Waals surface area contributed by atoms with Gasteiger partial charge in [0.1, 0.15) is 0 Å². The largest absolute Gasteiger partial charge is 0.387 e. The summed E-state index contributed by atoms with van der Waals surface area (Å²) in [6, 6.07) is 3.65. The Hall–Kier alpha value is -0.380. The number of rotatable bonds is 2. The van der Waals surface area contributed by atoms with Gasteiger partial charge < -0.3 is 9.87 Å². The van der Waals surface area contributed by atoms with E-state index < -0.39 is 0 Å². The van der Waals surface area contributed by atoms with E-state index in [9.17, 15) is 0 Å². The summed E-state index contributed by atoms with van der Waals surface area (Å²) in [5.74, 6) is 0. The number of nitrogens with one attached hydrogen (secondary N) is 1. The molecule has 1 aromatic rings. The molecule has 0 fully saturated rings. The molecule has 66 valence electrons. The smallest absolute Gasteiger partial charge is 0.0585 e. The summed E-state index contributed by atoms with van der Waals surface area (Å²) in [7, 11) is 1.79. The van der Waals surface area contributed by atoms with Crippen LogP contribution in [0.1, 0.15) is 5.56 Å². The summed E-state index contributed by atoms with van der Waals surface area (Å²) in [4.78, 5) is 0.791. The van der Waals surface area contributed by atoms with Crippen molar-refractivity contribution in [3.63, 3.8) is 0 Å². The van der Waals surface area contributed by atoms with Gasteiger partial charge in [-0.15, -0.1) is 0 Å². The Morgan fingerprint density at radius 2 is 2.17 bits per heavy atom. The molecule has 0 aliphatic rings. The van der Waals surface area contributed by atoms with Crippen molar-refractivity contribution in [1.29, 1.82) is 0 Å². The summed E-state index contributed by atoms with van der Waals surface area (Å²) in [6.45, 7) is 1.90. The number of halogens is 1. The molecule has 4 heteroatoms. The zero-order valence-corrected chi connectivity index (χ0v) is 8.46. The fourth-order valence-electron chi connectivity index (χ4n) is 0.926. The molecule has 0 saturated carbocycles. The summed E-state index contributed by atoms with van der Waals surface area (Å²) in [5, 5.41) is 3.65. The molecule has 0 saturated heterocycles. The van der Waals surface area contributed by atoms with Crippen molar-refractivity contribution in [2.75, 3.05) is 12.4 Å². The number of hydrogen-bond acceptors (Lipinski definition) is 3. The highest BCUT2D eigenvalue weighted by Crippen LogP contribution is 2.30. The average Bonchev–Trinajstić information content (AvgIpc) is 2.09. The van der Waals surface area contributed by atoms with Crippen LogP contribution in [-0.2, 0) is 0 Å². The van der Waals surface area contributed by atoms with Crippen LogP contribution in [0.5, 0.6) is 0 Å². The first-order chi connectivity index (χ1) is 5.69. The van der Waals surface area contributed by atoms with Crippen LogP contribution in [0.2, 0.25) is 5.02 Å². The normalized spacial score (nSPS) is 10.0. The second kappa shape index (κ2) is 4.03. The van der Waals surface area contributed by atoms with Crippen molar-refractivity contribution < 1.29 is 4.55 Å². The van der Waals surface area contributed by atoms with Gasteiger partial charge in [-0.2, -0.15) is 0 Å². The number of benzene rings is 1. The molecule has 0 bridgehead atoms. The van der Waals surface area contributed by atoms with E-state index in [0.29, 0.717) is 5.02 Å². The van der Waals surface area contributed by atoms with Crippen molar-refractivity contribution in [2.24, 2.45) is 0 Å². The van der Waals surface area contributed by atoms with Crippen LogP contribution >= 0.6 is 23.6 Å². The van der Waals surface area contributed by atoms with Gasteiger partial charge in [-0.25, -0.2) is 0 Å². The van der Waals surface area contributed by atoms with Crippen LogP contribution in [0.4, 0.5) is 5.69 Å². The lowest BCUT2D eigenvalue weighted by molar-refractivity contribution is 0.664. The van der Waals surface area contributed by atoms with E-state index in [2.05, 4.69) is 5.32 Å². The SMILES string of the molecule is CNc1cc(Cl)c(C)cc1SO. The minimum atomic E-state index is 0.706. The third kappa shape index (κ3) is 1.86. The van der Waals surface area contributed by atoms with Crippen LogP contribution in [-0.4, -0.2) is 11.6 Å². The van der Waals surface area contributed by atoms with Crippen LogP contribution in [0, 0.1) is 6.92 Å². The van der Waals surface area contributed by atoms with Crippen LogP contribution in [0.25, 0.3) is 0 Å². The van der Waals surface area contributed by atoms with Gasteiger partial charge in [0.15, 0.2) is 0 Å². The van der Waals surface area contributed by atoms with Crippen LogP contribution < -0.4 is 5.32 Å². The Balaban J connectivity index is 3.19. The van der Waals surface area contributed by atoms with Gasteiger partial charge in [-0.3, -0.25) is 0 Å². The first kappa shape index (κ1) is 9.71. The molecule has 0 aliphatic heterocycles.